The fraction of sp³-hybridized carbons (Fsp3) is 0.600. The van der Waals surface area contributed by atoms with Gasteiger partial charge in [0.25, 0.3) is 0 Å². The lowest BCUT2D eigenvalue weighted by molar-refractivity contribution is 0.408. The van der Waals surface area contributed by atoms with Crippen LogP contribution >= 0.6 is 0 Å². The van der Waals surface area contributed by atoms with E-state index in [0.29, 0.717) is 17.4 Å². The van der Waals surface area contributed by atoms with E-state index in [-0.39, 0.29) is 11.8 Å². The molecule has 4 heteroatoms. The molecule has 0 fully saturated rings. The Morgan fingerprint density at radius 2 is 2.11 bits per heavy atom. The zero-order valence-electron chi connectivity index (χ0n) is 11.7. The maximum atomic E-state index is 12.0. The molecule has 0 bridgehead atoms. The van der Waals surface area contributed by atoms with Gasteiger partial charge < -0.3 is 5.32 Å². The van der Waals surface area contributed by atoms with Crippen LogP contribution in [0.4, 0.5) is 0 Å². The molecule has 0 radical (unpaired) electrons. The molecular weight excluding hydrogens is 258 g/mol. The van der Waals surface area contributed by atoms with Crippen LogP contribution in [0.25, 0.3) is 0 Å². The number of hydrogen-bond donors (Lipinski definition) is 1. The van der Waals surface area contributed by atoms with E-state index >= 15 is 0 Å². The summed E-state index contributed by atoms with van der Waals surface area (Å²) in [5.74, 6) is 0.252. The lowest BCUT2D eigenvalue weighted by atomic mass is 10.0. The van der Waals surface area contributed by atoms with E-state index in [1.807, 2.05) is 12.1 Å². The van der Waals surface area contributed by atoms with Crippen molar-refractivity contribution in [1.29, 1.82) is 0 Å². The molecule has 1 aliphatic heterocycles. The first-order valence-corrected chi connectivity index (χ1v) is 8.77. The Kier molecular flexibility index (Phi) is 4.63. The number of unbranched alkanes of at least 4 members (excludes halogenated alkanes) is 1. The Morgan fingerprint density at radius 3 is 2.84 bits per heavy atom. The van der Waals surface area contributed by atoms with Crippen LogP contribution in [0.3, 0.4) is 0 Å². The number of fused-ring (bicyclic) bond motifs is 1. The van der Waals surface area contributed by atoms with Crippen molar-refractivity contribution >= 4 is 9.84 Å². The van der Waals surface area contributed by atoms with Gasteiger partial charge in [-0.25, -0.2) is 8.42 Å². The van der Waals surface area contributed by atoms with Crippen LogP contribution in [0.5, 0.6) is 0 Å². The van der Waals surface area contributed by atoms with Crippen molar-refractivity contribution in [2.75, 3.05) is 5.75 Å². The molecule has 1 aromatic carbocycles. The number of sulfone groups is 1. The summed E-state index contributed by atoms with van der Waals surface area (Å²) in [5, 5.41) is 3.58. The SMILES string of the molecule is CCCCC(C)NC1CCS(=O)(=O)c2ccccc21. The van der Waals surface area contributed by atoms with E-state index in [4.69, 9.17) is 0 Å². The Hall–Kier alpha value is -0.870. The molecule has 2 atom stereocenters. The van der Waals surface area contributed by atoms with E-state index in [0.717, 1.165) is 12.0 Å². The fourth-order valence-electron chi connectivity index (χ4n) is 2.70. The summed E-state index contributed by atoms with van der Waals surface area (Å²) in [5.41, 5.74) is 0.942. The molecule has 0 spiro atoms. The zero-order valence-corrected chi connectivity index (χ0v) is 12.5. The second kappa shape index (κ2) is 6.06. The zero-order chi connectivity index (χ0) is 13.9. The maximum Gasteiger partial charge on any atom is 0.178 e. The summed E-state index contributed by atoms with van der Waals surface area (Å²) in [6.45, 7) is 4.37. The van der Waals surface area contributed by atoms with Crippen LogP contribution in [0.15, 0.2) is 29.2 Å². The molecule has 1 aliphatic rings. The lowest BCUT2D eigenvalue weighted by Crippen LogP contribution is -2.35. The quantitative estimate of drug-likeness (QED) is 0.902. The maximum absolute atomic E-state index is 12.0. The number of rotatable bonds is 5. The summed E-state index contributed by atoms with van der Waals surface area (Å²) in [6.07, 6.45) is 4.22. The fourth-order valence-corrected chi connectivity index (χ4v) is 4.32. The molecule has 1 aromatic rings. The average Bonchev–Trinajstić information content (AvgIpc) is 2.40. The summed E-state index contributed by atoms with van der Waals surface area (Å²) < 4.78 is 24.1. The molecule has 0 aliphatic carbocycles. The molecule has 0 saturated carbocycles. The third kappa shape index (κ3) is 3.37. The van der Waals surface area contributed by atoms with E-state index in [2.05, 4.69) is 19.2 Å². The van der Waals surface area contributed by atoms with Crippen LogP contribution < -0.4 is 5.32 Å². The summed E-state index contributed by atoms with van der Waals surface area (Å²) in [7, 11) is -3.07. The van der Waals surface area contributed by atoms with Gasteiger partial charge >= 0.3 is 0 Å². The molecule has 2 unspecified atom stereocenters. The molecule has 19 heavy (non-hydrogen) atoms. The Bertz CT molecular complexity index is 525. The molecular formula is C15H23NO2S. The molecule has 106 valence electrons. The molecule has 2 rings (SSSR count). The van der Waals surface area contributed by atoms with Gasteiger partial charge in [-0.1, -0.05) is 38.0 Å². The molecule has 1 heterocycles. The normalized spacial score (nSPS) is 22.7. The second-order valence-electron chi connectivity index (χ2n) is 5.41. The average molecular weight is 281 g/mol. The van der Waals surface area contributed by atoms with Gasteiger partial charge in [0.1, 0.15) is 0 Å². The van der Waals surface area contributed by atoms with Crippen molar-refractivity contribution in [3.8, 4) is 0 Å². The van der Waals surface area contributed by atoms with Gasteiger partial charge in [-0.15, -0.1) is 0 Å². The van der Waals surface area contributed by atoms with Crippen molar-refractivity contribution in [3.05, 3.63) is 29.8 Å². The van der Waals surface area contributed by atoms with Crippen molar-refractivity contribution in [2.45, 2.75) is 56.5 Å². The van der Waals surface area contributed by atoms with Crippen molar-refractivity contribution < 1.29 is 8.42 Å². The topological polar surface area (TPSA) is 46.2 Å². The Labute approximate surface area is 116 Å². The van der Waals surface area contributed by atoms with Crippen LogP contribution in [-0.2, 0) is 9.84 Å². The van der Waals surface area contributed by atoms with E-state index < -0.39 is 9.84 Å². The molecule has 0 aromatic heterocycles. The van der Waals surface area contributed by atoms with Gasteiger partial charge in [0.05, 0.1) is 10.6 Å². The van der Waals surface area contributed by atoms with E-state index in [1.54, 1.807) is 12.1 Å². The number of benzene rings is 1. The molecule has 1 N–H and O–H groups in total. The van der Waals surface area contributed by atoms with Crippen molar-refractivity contribution in [2.24, 2.45) is 0 Å². The summed E-state index contributed by atoms with van der Waals surface area (Å²) >= 11 is 0. The standard InChI is InChI=1S/C15H23NO2S/c1-3-4-7-12(2)16-14-10-11-19(17,18)15-9-6-5-8-13(14)15/h5-6,8-9,12,14,16H,3-4,7,10-11H2,1-2H3. The third-order valence-electron chi connectivity index (χ3n) is 3.78. The van der Waals surface area contributed by atoms with Gasteiger partial charge in [-0.05, 0) is 31.4 Å². The highest BCUT2D eigenvalue weighted by Gasteiger charge is 2.30. The minimum Gasteiger partial charge on any atom is -0.307 e. The summed E-state index contributed by atoms with van der Waals surface area (Å²) in [6, 6.07) is 8.00. The van der Waals surface area contributed by atoms with Gasteiger partial charge in [0.2, 0.25) is 0 Å². The van der Waals surface area contributed by atoms with Crippen LogP contribution in [0.2, 0.25) is 0 Å². The van der Waals surface area contributed by atoms with Crippen molar-refractivity contribution in [3.63, 3.8) is 0 Å². The van der Waals surface area contributed by atoms with Gasteiger partial charge in [-0.2, -0.15) is 0 Å². The third-order valence-corrected chi connectivity index (χ3v) is 5.60. The van der Waals surface area contributed by atoms with Gasteiger partial charge in [-0.3, -0.25) is 0 Å². The van der Waals surface area contributed by atoms with E-state index in [1.165, 1.54) is 12.8 Å². The number of hydrogen-bond acceptors (Lipinski definition) is 3. The highest BCUT2D eigenvalue weighted by Crippen LogP contribution is 2.32. The van der Waals surface area contributed by atoms with Crippen LogP contribution in [0, 0.1) is 0 Å². The molecule has 3 nitrogen and oxygen atoms in total. The number of nitrogens with one attached hydrogen (secondary N) is 1. The highest BCUT2D eigenvalue weighted by atomic mass is 32.2. The Morgan fingerprint density at radius 1 is 1.37 bits per heavy atom. The monoisotopic (exact) mass is 281 g/mol. The minimum atomic E-state index is -3.07. The van der Waals surface area contributed by atoms with Crippen LogP contribution in [0.1, 0.15) is 51.1 Å². The Balaban J connectivity index is 2.16. The predicted octanol–water partition coefficient (Wildman–Crippen LogP) is 3.07. The van der Waals surface area contributed by atoms with Crippen molar-refractivity contribution in [1.82, 2.24) is 5.32 Å². The second-order valence-corrected chi connectivity index (χ2v) is 7.49. The first kappa shape index (κ1) is 14.5. The van der Waals surface area contributed by atoms with Crippen LogP contribution in [-0.4, -0.2) is 20.2 Å². The molecule has 0 amide bonds. The highest BCUT2D eigenvalue weighted by molar-refractivity contribution is 7.91. The van der Waals surface area contributed by atoms with E-state index in [9.17, 15) is 8.42 Å². The first-order valence-electron chi connectivity index (χ1n) is 7.12. The first-order chi connectivity index (χ1) is 9.04. The lowest BCUT2D eigenvalue weighted by Gasteiger charge is -2.29. The van der Waals surface area contributed by atoms with Gasteiger partial charge in [0, 0.05) is 12.1 Å². The summed E-state index contributed by atoms with van der Waals surface area (Å²) in [4.78, 5) is 0.515. The smallest absolute Gasteiger partial charge is 0.178 e. The predicted molar refractivity (Wildman–Crippen MR) is 78.0 cm³/mol. The minimum absolute atomic E-state index is 0.173. The largest absolute Gasteiger partial charge is 0.307 e. The van der Waals surface area contributed by atoms with Gasteiger partial charge in [0.15, 0.2) is 9.84 Å². The molecule has 0 saturated heterocycles.